The zero-order chi connectivity index (χ0) is 12.6. The number of alkyl halides is 4. The number of aromatic hydroxyl groups is 1. The van der Waals surface area contributed by atoms with Crippen molar-refractivity contribution in [1.82, 2.24) is 0 Å². The van der Waals surface area contributed by atoms with E-state index in [0.29, 0.717) is 0 Å². The molecular weight excluding hydrogens is 230 g/mol. The molecule has 16 heavy (non-hydrogen) atoms. The van der Waals surface area contributed by atoms with Gasteiger partial charge in [0.2, 0.25) is 5.60 Å². The van der Waals surface area contributed by atoms with Gasteiger partial charge in [-0.05, 0) is 6.07 Å². The third-order valence-corrected chi connectivity index (χ3v) is 2.14. The monoisotopic (exact) mass is 239 g/mol. The van der Waals surface area contributed by atoms with E-state index in [9.17, 15) is 27.8 Å². The van der Waals surface area contributed by atoms with Crippen LogP contribution in [0.15, 0.2) is 24.3 Å². The first kappa shape index (κ1) is 12.7. The van der Waals surface area contributed by atoms with E-state index in [1.165, 1.54) is 6.07 Å². The number of rotatable bonds is 3. The van der Waals surface area contributed by atoms with Crippen LogP contribution < -0.4 is 5.73 Å². The molecule has 0 aromatic heterocycles. The first-order valence-corrected chi connectivity index (χ1v) is 4.17. The Morgan fingerprint density at radius 3 is 2.06 bits per heavy atom. The second-order valence-corrected chi connectivity index (χ2v) is 3.21. The van der Waals surface area contributed by atoms with Gasteiger partial charge in [0, 0.05) is 5.56 Å². The van der Waals surface area contributed by atoms with E-state index in [1.54, 1.807) is 0 Å². The van der Waals surface area contributed by atoms with Gasteiger partial charge in [-0.3, -0.25) is 5.73 Å². The van der Waals surface area contributed by atoms with Gasteiger partial charge in [-0.1, -0.05) is 18.2 Å². The average molecular weight is 239 g/mol. The van der Waals surface area contributed by atoms with Crippen molar-refractivity contribution in [3.05, 3.63) is 29.8 Å². The summed E-state index contributed by atoms with van der Waals surface area (Å²) >= 11 is 0. The van der Waals surface area contributed by atoms with Crippen LogP contribution in [0.4, 0.5) is 17.6 Å². The molecule has 1 rings (SSSR count). The fraction of sp³-hybridized carbons (Fsp3) is 0.333. The number of phenols is 1. The van der Waals surface area contributed by atoms with Gasteiger partial charge < -0.3 is 10.2 Å². The maximum absolute atomic E-state index is 12.8. The minimum atomic E-state index is -4.58. The smallest absolute Gasteiger partial charge is 0.338 e. The molecule has 0 saturated carbocycles. The summed E-state index contributed by atoms with van der Waals surface area (Å²) in [5.74, 6) is -0.879. The summed E-state index contributed by atoms with van der Waals surface area (Å²) in [5.41, 5.74) is -0.693. The Hall–Kier alpha value is -1.34. The van der Waals surface area contributed by atoms with Crippen LogP contribution in [-0.4, -0.2) is 22.7 Å². The first-order valence-electron chi connectivity index (χ1n) is 4.17. The summed E-state index contributed by atoms with van der Waals surface area (Å²) in [6.07, 6.45) is -3.85. The standard InChI is InChI=1S/C9H9F4NO2/c10-7(11)8(16,9(12,13)14)5-3-1-2-4-6(5)15/h1-4,7,15-16H,14H2. The molecule has 0 aliphatic rings. The van der Waals surface area contributed by atoms with Crippen LogP contribution in [-0.2, 0) is 5.60 Å². The lowest BCUT2D eigenvalue weighted by Crippen LogP contribution is -2.56. The molecule has 90 valence electrons. The molecule has 1 aromatic rings. The molecule has 0 aliphatic carbocycles. The lowest BCUT2D eigenvalue weighted by Gasteiger charge is -2.32. The van der Waals surface area contributed by atoms with Gasteiger partial charge in [0.15, 0.2) is 0 Å². The molecule has 0 heterocycles. The molecule has 7 heteroatoms. The summed E-state index contributed by atoms with van der Waals surface area (Å²) < 4.78 is 50.7. The molecule has 0 saturated heterocycles. The number of aliphatic hydroxyl groups is 1. The zero-order valence-electron chi connectivity index (χ0n) is 7.87. The van der Waals surface area contributed by atoms with Crippen LogP contribution >= 0.6 is 0 Å². The van der Waals surface area contributed by atoms with Gasteiger partial charge in [0.05, 0.1) is 0 Å². The van der Waals surface area contributed by atoms with Crippen LogP contribution in [0, 0.1) is 0 Å². The van der Waals surface area contributed by atoms with E-state index >= 15 is 0 Å². The Labute approximate surface area is 88.1 Å². The van der Waals surface area contributed by atoms with Crippen molar-refractivity contribution in [2.45, 2.75) is 18.1 Å². The van der Waals surface area contributed by atoms with E-state index < -0.39 is 29.4 Å². The lowest BCUT2D eigenvalue weighted by molar-refractivity contribution is -0.242. The van der Waals surface area contributed by atoms with E-state index in [4.69, 9.17) is 0 Å². The number of hydrogen-bond acceptors (Lipinski definition) is 3. The fourth-order valence-corrected chi connectivity index (χ4v) is 1.24. The predicted molar refractivity (Wildman–Crippen MR) is 47.1 cm³/mol. The van der Waals surface area contributed by atoms with Gasteiger partial charge in [-0.2, -0.15) is 8.78 Å². The fourth-order valence-electron chi connectivity index (χ4n) is 1.24. The SMILES string of the molecule is NC(F)(F)C(O)(c1ccccc1O)C(F)F. The number of benzene rings is 1. The Morgan fingerprint density at radius 2 is 1.69 bits per heavy atom. The highest BCUT2D eigenvalue weighted by molar-refractivity contribution is 5.38. The largest absolute Gasteiger partial charge is 0.508 e. The minimum Gasteiger partial charge on any atom is -0.508 e. The summed E-state index contributed by atoms with van der Waals surface area (Å²) in [6, 6.07) is -0.579. The van der Waals surface area contributed by atoms with Crippen molar-refractivity contribution in [2.75, 3.05) is 0 Å². The van der Waals surface area contributed by atoms with E-state index in [1.807, 2.05) is 0 Å². The molecule has 0 amide bonds. The first-order chi connectivity index (χ1) is 7.21. The Bertz CT molecular complexity index is 380. The Kier molecular flexibility index (Phi) is 3.11. The van der Waals surface area contributed by atoms with Gasteiger partial charge in [-0.15, -0.1) is 0 Å². The van der Waals surface area contributed by atoms with E-state index in [2.05, 4.69) is 5.73 Å². The van der Waals surface area contributed by atoms with Crippen molar-refractivity contribution in [2.24, 2.45) is 5.73 Å². The van der Waals surface area contributed by atoms with Crippen LogP contribution in [0.2, 0.25) is 0 Å². The predicted octanol–water partition coefficient (Wildman–Crippen LogP) is 1.40. The van der Waals surface area contributed by atoms with Crippen LogP contribution in [0.5, 0.6) is 5.75 Å². The number of para-hydroxylation sites is 1. The third kappa shape index (κ3) is 1.83. The number of nitrogens with two attached hydrogens (primary N) is 1. The highest BCUT2D eigenvalue weighted by Gasteiger charge is 2.59. The number of halogens is 4. The maximum atomic E-state index is 12.8. The highest BCUT2D eigenvalue weighted by Crippen LogP contribution is 2.42. The quantitative estimate of drug-likeness (QED) is 0.551. The van der Waals surface area contributed by atoms with Crippen molar-refractivity contribution in [3.63, 3.8) is 0 Å². The van der Waals surface area contributed by atoms with E-state index in [0.717, 1.165) is 18.2 Å². The molecular formula is C9H9F4NO2. The van der Waals surface area contributed by atoms with Gasteiger partial charge in [0.1, 0.15) is 5.75 Å². The third-order valence-electron chi connectivity index (χ3n) is 2.14. The van der Waals surface area contributed by atoms with Crippen LogP contribution in [0.25, 0.3) is 0 Å². The second-order valence-electron chi connectivity index (χ2n) is 3.21. The van der Waals surface area contributed by atoms with Gasteiger partial charge in [0.25, 0.3) is 6.43 Å². The van der Waals surface area contributed by atoms with Crippen molar-refractivity contribution >= 4 is 0 Å². The lowest BCUT2D eigenvalue weighted by atomic mass is 9.91. The minimum absolute atomic E-state index is 0.752. The number of hydrogen-bond donors (Lipinski definition) is 3. The summed E-state index contributed by atoms with van der Waals surface area (Å²) in [5, 5.41) is 18.5. The van der Waals surface area contributed by atoms with Gasteiger partial charge in [-0.25, -0.2) is 8.78 Å². The van der Waals surface area contributed by atoms with Crippen molar-refractivity contribution in [3.8, 4) is 5.75 Å². The molecule has 0 spiro atoms. The molecule has 3 nitrogen and oxygen atoms in total. The molecule has 1 aromatic carbocycles. The normalized spacial score (nSPS) is 16.2. The van der Waals surface area contributed by atoms with Crippen molar-refractivity contribution < 1.29 is 27.8 Å². The molecule has 0 fully saturated rings. The summed E-state index contributed by atoms with van der Waals surface area (Å²) in [7, 11) is 0. The molecule has 1 unspecified atom stereocenters. The highest BCUT2D eigenvalue weighted by atomic mass is 19.3. The van der Waals surface area contributed by atoms with Crippen LogP contribution in [0.3, 0.4) is 0 Å². The van der Waals surface area contributed by atoms with Crippen molar-refractivity contribution in [1.29, 1.82) is 0 Å². The summed E-state index contributed by atoms with van der Waals surface area (Å²) in [4.78, 5) is 0. The maximum Gasteiger partial charge on any atom is 0.338 e. The summed E-state index contributed by atoms with van der Waals surface area (Å²) in [6.45, 7) is 0. The van der Waals surface area contributed by atoms with Gasteiger partial charge >= 0.3 is 6.05 Å². The molecule has 0 bridgehead atoms. The molecule has 0 radical (unpaired) electrons. The van der Waals surface area contributed by atoms with E-state index in [-0.39, 0.29) is 0 Å². The molecule has 0 aliphatic heterocycles. The van der Waals surface area contributed by atoms with Crippen LogP contribution in [0.1, 0.15) is 5.56 Å². The zero-order valence-corrected chi connectivity index (χ0v) is 7.87. The topological polar surface area (TPSA) is 66.5 Å². The second kappa shape index (κ2) is 3.91. The molecule has 4 N–H and O–H groups in total. The number of phenolic OH excluding ortho intramolecular Hbond substituents is 1. The average Bonchev–Trinajstić information content (AvgIpc) is 2.15. The Morgan fingerprint density at radius 1 is 1.19 bits per heavy atom. The molecule has 1 atom stereocenters. The Balaban J connectivity index is 3.40.